The van der Waals surface area contributed by atoms with Gasteiger partial charge in [0, 0.05) is 38.3 Å². The van der Waals surface area contributed by atoms with E-state index < -0.39 is 0 Å². The van der Waals surface area contributed by atoms with Crippen LogP contribution in [0.5, 0.6) is 0 Å². The van der Waals surface area contributed by atoms with E-state index in [-0.39, 0.29) is 5.92 Å². The number of nitrogens with zero attached hydrogens (tertiary/aromatic N) is 5. The quantitative estimate of drug-likeness (QED) is 0.917. The third-order valence-corrected chi connectivity index (χ3v) is 5.22. The molecule has 2 aromatic rings. The first-order chi connectivity index (χ1) is 12.1. The van der Waals surface area contributed by atoms with Gasteiger partial charge in [0.05, 0.1) is 11.9 Å². The van der Waals surface area contributed by atoms with Crippen molar-refractivity contribution in [2.75, 3.05) is 18.4 Å². The number of likely N-dealkylation sites (tertiary alicyclic amines) is 1. The van der Waals surface area contributed by atoms with Crippen molar-refractivity contribution in [1.82, 2.24) is 24.9 Å². The Balaban J connectivity index is 1.27. The summed E-state index contributed by atoms with van der Waals surface area (Å²) >= 11 is 0. The average Bonchev–Trinajstić information content (AvgIpc) is 3.31. The molecule has 25 heavy (non-hydrogen) atoms. The average molecular weight is 340 g/mol. The lowest BCUT2D eigenvalue weighted by molar-refractivity contribution is -0.133. The van der Waals surface area contributed by atoms with Gasteiger partial charge in [0.25, 0.3) is 0 Å². The molecule has 4 rings (SSSR count). The van der Waals surface area contributed by atoms with Crippen LogP contribution in [0.2, 0.25) is 0 Å². The number of hydrogen-bond donors (Lipinski definition) is 1. The summed E-state index contributed by atoms with van der Waals surface area (Å²) in [6.45, 7) is 3.55. The largest absolute Gasteiger partial charge is 0.366 e. The maximum atomic E-state index is 12.7. The van der Waals surface area contributed by atoms with Crippen LogP contribution in [0.3, 0.4) is 0 Å². The Bertz CT molecular complexity index is 747. The monoisotopic (exact) mass is 340 g/mol. The van der Waals surface area contributed by atoms with Crippen LogP contribution in [0.25, 0.3) is 0 Å². The number of carbonyl (C=O) groups excluding carboxylic acids is 1. The van der Waals surface area contributed by atoms with Crippen molar-refractivity contribution < 1.29 is 4.79 Å². The van der Waals surface area contributed by atoms with E-state index in [1.807, 2.05) is 43.4 Å². The predicted octanol–water partition coefficient (Wildman–Crippen LogP) is 1.73. The molecule has 0 radical (unpaired) electrons. The standard InChI is InChI=1S/C18H24N6O/c1-12-3-4-17(22-21-12)20-14-5-7-24(8-6-14)18(25)16-9-15(16)13-10-19-23(2)11-13/h3-4,10-11,14-16H,5-9H2,1-2H3,(H,20,22). The van der Waals surface area contributed by atoms with E-state index in [2.05, 4.69) is 20.6 Å². The van der Waals surface area contributed by atoms with Gasteiger partial charge in [-0.15, -0.1) is 5.10 Å². The summed E-state index contributed by atoms with van der Waals surface area (Å²) in [5, 5.41) is 15.9. The molecule has 0 aromatic carbocycles. The molecule has 2 aromatic heterocycles. The van der Waals surface area contributed by atoms with Crippen molar-refractivity contribution in [3.05, 3.63) is 35.8 Å². The van der Waals surface area contributed by atoms with Gasteiger partial charge in [0.15, 0.2) is 0 Å². The summed E-state index contributed by atoms with van der Waals surface area (Å²) < 4.78 is 1.81. The molecule has 132 valence electrons. The van der Waals surface area contributed by atoms with E-state index in [4.69, 9.17) is 0 Å². The van der Waals surface area contributed by atoms with Gasteiger partial charge in [-0.25, -0.2) is 0 Å². The zero-order valence-corrected chi connectivity index (χ0v) is 14.7. The highest BCUT2D eigenvalue weighted by atomic mass is 16.2. The second kappa shape index (κ2) is 6.46. The van der Waals surface area contributed by atoms with E-state index in [1.54, 1.807) is 4.68 Å². The van der Waals surface area contributed by atoms with Gasteiger partial charge in [-0.1, -0.05) is 0 Å². The Morgan fingerprint density at radius 1 is 1.24 bits per heavy atom. The summed E-state index contributed by atoms with van der Waals surface area (Å²) in [5.41, 5.74) is 2.11. The van der Waals surface area contributed by atoms with Crippen molar-refractivity contribution in [1.29, 1.82) is 0 Å². The van der Waals surface area contributed by atoms with Crippen molar-refractivity contribution >= 4 is 11.7 Å². The maximum Gasteiger partial charge on any atom is 0.226 e. The third-order valence-electron chi connectivity index (χ3n) is 5.22. The molecule has 1 amide bonds. The van der Waals surface area contributed by atoms with Crippen LogP contribution >= 0.6 is 0 Å². The third kappa shape index (κ3) is 3.50. The first-order valence-corrected chi connectivity index (χ1v) is 8.94. The number of anilines is 1. The minimum Gasteiger partial charge on any atom is -0.366 e. The normalized spacial score (nSPS) is 23.5. The highest BCUT2D eigenvalue weighted by Crippen LogP contribution is 2.48. The summed E-state index contributed by atoms with van der Waals surface area (Å²) in [7, 11) is 1.92. The lowest BCUT2D eigenvalue weighted by Gasteiger charge is -2.32. The predicted molar refractivity (Wildman–Crippen MR) is 94.0 cm³/mol. The summed E-state index contributed by atoms with van der Waals surface area (Å²) in [6, 6.07) is 4.27. The van der Waals surface area contributed by atoms with Crippen LogP contribution in [0.4, 0.5) is 5.82 Å². The second-order valence-electron chi connectivity index (χ2n) is 7.20. The Hall–Kier alpha value is -2.44. The first-order valence-electron chi connectivity index (χ1n) is 8.94. The van der Waals surface area contributed by atoms with Crippen LogP contribution < -0.4 is 5.32 Å². The molecule has 1 N–H and O–H groups in total. The molecule has 1 aliphatic heterocycles. The highest BCUT2D eigenvalue weighted by Gasteiger charge is 2.46. The van der Waals surface area contributed by atoms with Gasteiger partial charge in [0.2, 0.25) is 5.91 Å². The lowest BCUT2D eigenvalue weighted by atomic mass is 10.0. The first kappa shape index (κ1) is 16.1. The number of amides is 1. The van der Waals surface area contributed by atoms with Gasteiger partial charge in [-0.05, 0) is 49.8 Å². The van der Waals surface area contributed by atoms with Gasteiger partial charge >= 0.3 is 0 Å². The molecule has 0 bridgehead atoms. The fourth-order valence-corrected chi connectivity index (χ4v) is 3.63. The van der Waals surface area contributed by atoms with E-state index in [1.165, 1.54) is 5.56 Å². The second-order valence-corrected chi connectivity index (χ2v) is 7.20. The summed E-state index contributed by atoms with van der Waals surface area (Å²) in [4.78, 5) is 14.7. The van der Waals surface area contributed by atoms with Crippen LogP contribution in [0, 0.1) is 12.8 Å². The van der Waals surface area contributed by atoms with E-state index in [0.717, 1.165) is 43.9 Å². The molecule has 0 spiro atoms. The number of carbonyl (C=O) groups is 1. The van der Waals surface area contributed by atoms with Crippen molar-refractivity contribution in [2.45, 2.75) is 38.1 Å². The lowest BCUT2D eigenvalue weighted by Crippen LogP contribution is -2.43. The Kier molecular flexibility index (Phi) is 4.15. The van der Waals surface area contributed by atoms with Crippen LogP contribution in [0.15, 0.2) is 24.5 Å². The topological polar surface area (TPSA) is 75.9 Å². The molecular formula is C18H24N6O. The molecular weight excluding hydrogens is 316 g/mol. The molecule has 2 fully saturated rings. The smallest absolute Gasteiger partial charge is 0.226 e. The highest BCUT2D eigenvalue weighted by molar-refractivity contribution is 5.83. The SMILES string of the molecule is Cc1ccc(NC2CCN(C(=O)C3CC3c3cnn(C)c3)CC2)nn1. The molecule has 1 saturated heterocycles. The van der Waals surface area contributed by atoms with Crippen molar-refractivity contribution in [3.8, 4) is 0 Å². The Morgan fingerprint density at radius 3 is 2.68 bits per heavy atom. The van der Waals surface area contributed by atoms with Gasteiger partial charge in [-0.3, -0.25) is 9.48 Å². The Labute approximate surface area is 147 Å². The van der Waals surface area contributed by atoms with Crippen LogP contribution in [-0.2, 0) is 11.8 Å². The minimum absolute atomic E-state index is 0.150. The molecule has 2 atom stereocenters. The molecule has 7 heteroatoms. The minimum atomic E-state index is 0.150. The molecule has 1 aliphatic carbocycles. The summed E-state index contributed by atoms with van der Waals surface area (Å²) in [6.07, 6.45) is 6.77. The molecule has 2 aliphatic rings. The number of aromatic nitrogens is 4. The van der Waals surface area contributed by atoms with Crippen LogP contribution in [0.1, 0.15) is 36.4 Å². The fraction of sp³-hybridized carbons (Fsp3) is 0.556. The number of rotatable bonds is 4. The van der Waals surface area contributed by atoms with Gasteiger partial charge in [-0.2, -0.15) is 10.2 Å². The number of nitrogens with one attached hydrogen (secondary N) is 1. The summed E-state index contributed by atoms with van der Waals surface area (Å²) in [5.74, 6) is 1.63. The van der Waals surface area contributed by atoms with E-state index >= 15 is 0 Å². The van der Waals surface area contributed by atoms with Gasteiger partial charge in [0.1, 0.15) is 5.82 Å². The maximum absolute atomic E-state index is 12.7. The molecule has 7 nitrogen and oxygen atoms in total. The number of aryl methyl sites for hydroxylation is 2. The van der Waals surface area contributed by atoms with E-state index in [9.17, 15) is 4.79 Å². The zero-order chi connectivity index (χ0) is 17.4. The Morgan fingerprint density at radius 2 is 2.04 bits per heavy atom. The zero-order valence-electron chi connectivity index (χ0n) is 14.7. The molecule has 1 saturated carbocycles. The number of hydrogen-bond acceptors (Lipinski definition) is 5. The molecule has 2 unspecified atom stereocenters. The molecule has 3 heterocycles. The van der Waals surface area contributed by atoms with Gasteiger partial charge < -0.3 is 10.2 Å². The fourth-order valence-electron chi connectivity index (χ4n) is 3.63. The van der Waals surface area contributed by atoms with E-state index in [0.29, 0.717) is 17.9 Å². The van der Waals surface area contributed by atoms with Crippen molar-refractivity contribution in [3.63, 3.8) is 0 Å². The van der Waals surface area contributed by atoms with Crippen LogP contribution in [-0.4, -0.2) is 49.9 Å². The van der Waals surface area contributed by atoms with Crippen molar-refractivity contribution in [2.24, 2.45) is 13.0 Å². The number of piperidine rings is 1.